The molecule has 0 spiro atoms. The largest absolute Gasteiger partial charge is 0.493 e. The van der Waals surface area contributed by atoms with Crippen LogP contribution in [0.3, 0.4) is 0 Å². The number of non-ortho nitro benzene ring substituents is 1. The molecular weight excluding hydrogens is 1510 g/mol. The number of anilines is 1. The fraction of sp³-hybridized carbons (Fsp3) is 0.0652. The van der Waals surface area contributed by atoms with E-state index in [0.29, 0.717) is 30.2 Å². The number of ether oxygens (including phenoxy) is 2. The molecule has 0 bridgehead atoms. The van der Waals surface area contributed by atoms with E-state index in [9.17, 15) is 38.9 Å². The van der Waals surface area contributed by atoms with Gasteiger partial charge in [-0.2, -0.15) is 29.5 Å². The molecule has 0 aliphatic rings. The van der Waals surface area contributed by atoms with Gasteiger partial charge in [-0.1, -0.05) is 109 Å². The predicted molar refractivity (Wildman–Crippen MR) is 459 cm³/mol. The number of nitrogens with zero attached hydrogens (tertiary/aromatic N) is 6. The summed E-state index contributed by atoms with van der Waals surface area (Å²) in [5, 5.41) is 15.9. The zero-order valence-corrected chi connectivity index (χ0v) is 64.4. The second-order valence-electron chi connectivity index (χ2n) is 26.4. The average molecular weight is 1600 g/mol. The molecule has 600 valence electrons. The van der Waals surface area contributed by atoms with E-state index in [1.54, 1.807) is 79.6 Å². The van der Waals surface area contributed by atoms with Crippen molar-refractivity contribution in [2.45, 2.75) is 26.2 Å². The van der Waals surface area contributed by atoms with Crippen molar-refractivity contribution in [1.82, 2.24) is 22.8 Å². The number of nitrogens with two attached hydrogens (primary N) is 6. The molecule has 10 aromatic carbocycles. The predicted octanol–water partition coefficient (Wildman–Crippen LogP) is 14.7. The van der Waals surface area contributed by atoms with E-state index in [1.165, 1.54) is 53.6 Å². The van der Waals surface area contributed by atoms with Crippen LogP contribution in [0.1, 0.15) is 60.4 Å². The van der Waals surface area contributed by atoms with Crippen molar-refractivity contribution in [2.24, 2.45) is 29.5 Å². The van der Waals surface area contributed by atoms with Crippen molar-refractivity contribution in [3.8, 4) is 11.5 Å². The molecule has 27 nitrogen and oxygen atoms in total. The second-order valence-corrected chi connectivity index (χ2v) is 26.4. The van der Waals surface area contributed by atoms with E-state index in [1.807, 2.05) is 213 Å². The molecule has 0 amide bonds. The molecule has 0 fully saturated rings. The molecule has 27 heteroatoms. The lowest BCUT2D eigenvalue weighted by Crippen LogP contribution is -2.10. The molecule has 0 aliphatic carbocycles. The molecule has 15 aromatic rings. The maximum Gasteiger partial charge on any atom is 0.349 e. The fourth-order valence-electron chi connectivity index (χ4n) is 12.7. The Morgan fingerprint density at radius 2 is 0.639 bits per heavy atom. The maximum absolute atomic E-state index is 12.5. The molecule has 0 aliphatic heterocycles. The Morgan fingerprint density at radius 3 is 0.983 bits per heavy atom. The molecule has 119 heavy (non-hydrogen) atoms. The molecule has 15 rings (SSSR count). The number of nitro benzene ring substituents is 1. The Balaban J connectivity index is 0.000000146. The number of carbonyl (C=O) groups excluding carboxylic acids is 6. The Labute approximate surface area is 681 Å². The SMILES string of the molecule is COc1ccc(Cn2ccc3cc(/C=C/C(=O)ON)ccc32)cc1OC.NOC(=O)/C=C/c1ccc2c(ccn2C(=O)c2ccccc2)c1.NOC(=O)/C=C/c1ccc2c(ccn2Cc2ccc(N)cc2)c1.NOC(=O)/C=C/c1ccc2c(ccn2Cc2ccc([N+](=O)[O-])cc2)c1.NOC(=O)/C=C/c1ccc2c(ccn2Cc2ccccc2)c1. The van der Waals surface area contributed by atoms with Crippen LogP contribution < -0.4 is 44.7 Å². The third kappa shape index (κ3) is 23.2. The van der Waals surface area contributed by atoms with E-state index in [2.05, 4.69) is 66.9 Å². The second kappa shape index (κ2) is 41.3. The summed E-state index contributed by atoms with van der Waals surface area (Å²) < 4.78 is 20.8. The van der Waals surface area contributed by atoms with Crippen LogP contribution in [0.4, 0.5) is 11.4 Å². The highest BCUT2D eigenvalue weighted by Gasteiger charge is 2.14. The minimum absolute atomic E-state index is 0.0774. The summed E-state index contributed by atoms with van der Waals surface area (Å²) in [5.41, 5.74) is 21.3. The average Bonchev–Trinajstić information content (AvgIpc) is 1.69. The quantitative estimate of drug-likeness (QED) is 0.0159. The normalized spacial score (nSPS) is 11.1. The highest BCUT2D eigenvalue weighted by atomic mass is 16.7. The Bertz CT molecular complexity index is 6250. The van der Waals surface area contributed by atoms with Gasteiger partial charge < -0.3 is 57.7 Å². The molecule has 5 heterocycles. The van der Waals surface area contributed by atoms with Gasteiger partial charge in [0.15, 0.2) is 11.5 Å². The van der Waals surface area contributed by atoms with Crippen LogP contribution in [0.2, 0.25) is 0 Å². The molecular formula is C92H82N12O15. The molecule has 0 saturated heterocycles. The van der Waals surface area contributed by atoms with Crippen LogP contribution in [0.25, 0.3) is 84.9 Å². The molecule has 0 saturated carbocycles. The molecule has 12 N–H and O–H groups in total. The number of rotatable bonds is 22. The minimum atomic E-state index is -0.623. The number of hydrogen-bond donors (Lipinski definition) is 6. The Morgan fingerprint density at radius 1 is 0.336 bits per heavy atom. The standard InChI is InChI=1S/C20H20N2O4.C18H15N3O4.C18H17N3O2.C18H14N2O3.C18H16N2O2/c1-24-18-7-4-15(12-19(18)25-2)13-22-10-9-16-11-14(3-6-17(16)22)5-8-20(23)26-21;19-25-18(22)8-4-13-3-7-17-15(11-13)9-10-20(17)12-14-1-5-16(6-2-14)21(23)24;19-16-5-1-14(2-6-16)12-21-10-9-15-11-13(3-7-17(15)21)4-8-18(22)23-20;19-23-17(21)9-7-13-6-8-16-15(12-13)10-11-20(16)18(22)14-4-2-1-3-5-14;19-22-18(21)9-7-14-6-8-17-16(12-14)10-11-20(17)13-15-4-2-1-3-5-15/h3-12H,13,21H2,1-2H3;1-11H,12,19H2;1-11H,12,19-20H2;1-12H,19H2;1-12H,13,19H2/b8-5+;2*8-4+;2*9-7+. The van der Waals surface area contributed by atoms with Gasteiger partial charge in [-0.25, -0.2) is 24.0 Å². The molecule has 0 atom stereocenters. The van der Waals surface area contributed by atoms with Crippen LogP contribution in [0.15, 0.2) is 310 Å². The molecule has 5 aromatic heterocycles. The molecule has 0 radical (unpaired) electrons. The summed E-state index contributed by atoms with van der Waals surface area (Å²) in [4.78, 5) is 98.5. The number of aromatic nitrogens is 5. The summed E-state index contributed by atoms with van der Waals surface area (Å²) in [7, 11) is 3.25. The van der Waals surface area contributed by atoms with Crippen molar-refractivity contribution in [1.29, 1.82) is 0 Å². The van der Waals surface area contributed by atoms with E-state index in [4.69, 9.17) is 44.7 Å². The number of methoxy groups -OCH3 is 2. The van der Waals surface area contributed by atoms with Gasteiger partial charge in [-0.3, -0.25) is 19.5 Å². The van der Waals surface area contributed by atoms with E-state index in [0.717, 1.165) is 112 Å². The van der Waals surface area contributed by atoms with Gasteiger partial charge in [0.25, 0.3) is 11.6 Å². The van der Waals surface area contributed by atoms with Crippen molar-refractivity contribution < 1.29 is 67.4 Å². The van der Waals surface area contributed by atoms with Crippen LogP contribution in [-0.4, -0.2) is 77.7 Å². The highest BCUT2D eigenvalue weighted by Crippen LogP contribution is 2.30. The van der Waals surface area contributed by atoms with Crippen LogP contribution in [0.5, 0.6) is 11.5 Å². The van der Waals surface area contributed by atoms with Gasteiger partial charge >= 0.3 is 29.8 Å². The lowest BCUT2D eigenvalue weighted by Gasteiger charge is -2.11. The topological polar surface area (TPSA) is 391 Å². The molecule has 0 unspecified atom stereocenters. The summed E-state index contributed by atoms with van der Waals surface area (Å²) in [6.07, 6.45) is 24.5. The first kappa shape index (κ1) is 84.1. The Hall–Kier alpha value is -15.8. The van der Waals surface area contributed by atoms with Crippen LogP contribution in [0, 0.1) is 10.1 Å². The number of nitro groups is 1. The first-order chi connectivity index (χ1) is 57.8. The number of carbonyl (C=O) groups is 6. The van der Waals surface area contributed by atoms with Crippen LogP contribution >= 0.6 is 0 Å². The smallest absolute Gasteiger partial charge is 0.349 e. The van der Waals surface area contributed by atoms with Gasteiger partial charge in [0.05, 0.1) is 24.7 Å². The summed E-state index contributed by atoms with van der Waals surface area (Å²) in [5.74, 6) is 22.3. The number of benzene rings is 10. The van der Waals surface area contributed by atoms with Crippen molar-refractivity contribution in [3.63, 3.8) is 0 Å². The number of nitrogen functional groups attached to an aromatic ring is 1. The minimum Gasteiger partial charge on any atom is -0.493 e. The summed E-state index contributed by atoms with van der Waals surface area (Å²) >= 11 is 0. The maximum atomic E-state index is 12.5. The Kier molecular flexibility index (Phi) is 29.2. The van der Waals surface area contributed by atoms with Crippen molar-refractivity contribution in [3.05, 3.63) is 376 Å². The van der Waals surface area contributed by atoms with Crippen molar-refractivity contribution in [2.75, 3.05) is 20.0 Å². The van der Waals surface area contributed by atoms with Gasteiger partial charge in [-0.15, -0.1) is 0 Å². The summed E-state index contributed by atoms with van der Waals surface area (Å²) in [6.45, 7) is 2.92. The van der Waals surface area contributed by atoms with E-state index in [-0.39, 0.29) is 11.6 Å². The van der Waals surface area contributed by atoms with Gasteiger partial charge in [0, 0.05) is 160 Å². The number of fused-ring (bicyclic) bond motifs is 5. The monoisotopic (exact) mass is 1590 g/mol. The van der Waals surface area contributed by atoms with Gasteiger partial charge in [0.1, 0.15) is 0 Å². The first-order valence-electron chi connectivity index (χ1n) is 36.6. The van der Waals surface area contributed by atoms with E-state index >= 15 is 0 Å². The van der Waals surface area contributed by atoms with Gasteiger partial charge in [-0.05, 0) is 208 Å². The first-order valence-corrected chi connectivity index (χ1v) is 36.6. The lowest BCUT2D eigenvalue weighted by molar-refractivity contribution is -0.384. The fourth-order valence-corrected chi connectivity index (χ4v) is 12.7. The van der Waals surface area contributed by atoms with Crippen molar-refractivity contribution >= 4 is 132 Å². The van der Waals surface area contributed by atoms with Crippen LogP contribution in [-0.2, 0) is 74.3 Å². The highest BCUT2D eigenvalue weighted by molar-refractivity contribution is 6.03. The zero-order valence-electron chi connectivity index (χ0n) is 64.4. The number of hydrogen-bond acceptors (Lipinski definition) is 21. The zero-order chi connectivity index (χ0) is 84.2. The lowest BCUT2D eigenvalue weighted by atomic mass is 10.1. The third-order valence-electron chi connectivity index (χ3n) is 18.6. The van der Waals surface area contributed by atoms with Gasteiger partial charge in [0.2, 0.25) is 0 Å². The third-order valence-corrected chi connectivity index (χ3v) is 18.6. The summed E-state index contributed by atoms with van der Waals surface area (Å²) in [6, 6.07) is 78.9. The van der Waals surface area contributed by atoms with E-state index < -0.39 is 34.8 Å².